The maximum atomic E-state index is 12.3. The van der Waals surface area contributed by atoms with Crippen LogP contribution in [0.15, 0.2) is 29.2 Å². The first kappa shape index (κ1) is 22.2. The number of hydrogen-bond donors (Lipinski definition) is 2. The first-order valence-corrected chi connectivity index (χ1v) is 11.8. The lowest BCUT2D eigenvalue weighted by molar-refractivity contribution is -0.119. The molecule has 1 aromatic rings. The predicted molar refractivity (Wildman–Crippen MR) is 110 cm³/mol. The normalized spacial score (nSPS) is 16.3. The van der Waals surface area contributed by atoms with Crippen LogP contribution in [0.3, 0.4) is 0 Å². The number of rotatable bonds is 8. The third-order valence-corrected chi connectivity index (χ3v) is 7.20. The number of carbonyl (C=O) groups excluding carboxylic acids is 1. The second kappa shape index (κ2) is 9.91. The molecule has 8 heteroatoms. The van der Waals surface area contributed by atoms with Crippen LogP contribution in [0.1, 0.15) is 39.2 Å². The molecular weight excluding hydrogens is 384 g/mol. The summed E-state index contributed by atoms with van der Waals surface area (Å²) in [6, 6.07) is 6.76. The van der Waals surface area contributed by atoms with Crippen LogP contribution in [0.4, 0.5) is 0 Å². The van der Waals surface area contributed by atoms with Gasteiger partial charge >= 0.3 is 0 Å². The van der Waals surface area contributed by atoms with Crippen LogP contribution in [0.2, 0.25) is 0 Å². The van der Waals surface area contributed by atoms with E-state index < -0.39 is 10.0 Å². The van der Waals surface area contributed by atoms with Gasteiger partial charge in [0.15, 0.2) is 0 Å². The van der Waals surface area contributed by atoms with E-state index in [0.29, 0.717) is 11.8 Å². The summed E-state index contributed by atoms with van der Waals surface area (Å²) in [5, 5.41) is 3.35. The summed E-state index contributed by atoms with van der Waals surface area (Å²) in [4.78, 5) is 12.1. The van der Waals surface area contributed by atoms with Crippen LogP contribution in [-0.4, -0.2) is 51.6 Å². The molecule has 0 saturated carbocycles. The molecule has 27 heavy (non-hydrogen) atoms. The molecule has 1 aliphatic heterocycles. The Labute approximate surface area is 166 Å². The summed E-state index contributed by atoms with van der Waals surface area (Å²) >= 11 is 1.83. The highest BCUT2D eigenvalue weighted by molar-refractivity contribution is 7.99. The molecule has 0 radical (unpaired) electrons. The van der Waals surface area contributed by atoms with Crippen LogP contribution in [-0.2, 0) is 25.0 Å². The number of amides is 1. The molecule has 0 unspecified atom stereocenters. The Bertz CT molecular complexity index is 706. The minimum Gasteiger partial charge on any atom is -0.381 e. The van der Waals surface area contributed by atoms with E-state index >= 15 is 0 Å². The molecule has 0 atom stereocenters. The van der Waals surface area contributed by atoms with Gasteiger partial charge in [-0.1, -0.05) is 32.9 Å². The molecule has 0 aromatic heterocycles. The summed E-state index contributed by atoms with van der Waals surface area (Å²) in [5.41, 5.74) is 1.01. The van der Waals surface area contributed by atoms with E-state index in [1.807, 2.05) is 23.9 Å². The fraction of sp³-hybridized carbons (Fsp3) is 0.632. The van der Waals surface area contributed by atoms with Gasteiger partial charge in [-0.15, -0.1) is 0 Å². The minimum absolute atomic E-state index is 0.0434. The summed E-state index contributed by atoms with van der Waals surface area (Å²) < 4.78 is 32.3. The molecule has 6 nitrogen and oxygen atoms in total. The molecule has 2 rings (SSSR count). The highest BCUT2D eigenvalue weighted by Crippen LogP contribution is 2.23. The standard InChI is InChI=1S/C19H30N2O4S2/c1-19(2,3)15-4-6-17(7-5-15)27(23,24)21-14-18(22)20-10-13-26-16-8-11-25-12-9-16/h4-7,16,21H,8-14H2,1-3H3,(H,20,22). The van der Waals surface area contributed by atoms with Crippen molar-refractivity contribution in [1.82, 2.24) is 10.0 Å². The van der Waals surface area contributed by atoms with Crippen LogP contribution in [0.25, 0.3) is 0 Å². The fourth-order valence-electron chi connectivity index (χ4n) is 2.70. The molecule has 1 heterocycles. The Morgan fingerprint density at radius 3 is 2.41 bits per heavy atom. The lowest BCUT2D eigenvalue weighted by Crippen LogP contribution is -2.38. The fourth-order valence-corrected chi connectivity index (χ4v) is 4.76. The van der Waals surface area contributed by atoms with Crippen molar-refractivity contribution < 1.29 is 17.9 Å². The maximum absolute atomic E-state index is 12.3. The average Bonchev–Trinajstić information content (AvgIpc) is 2.64. The third-order valence-electron chi connectivity index (χ3n) is 4.40. The number of nitrogens with one attached hydrogen (secondary N) is 2. The first-order valence-electron chi connectivity index (χ1n) is 9.25. The average molecular weight is 415 g/mol. The van der Waals surface area contributed by atoms with Crippen molar-refractivity contribution in [3.63, 3.8) is 0 Å². The second-order valence-electron chi connectivity index (χ2n) is 7.63. The molecule has 2 N–H and O–H groups in total. The van der Waals surface area contributed by atoms with Gasteiger partial charge in [-0.3, -0.25) is 4.79 Å². The Hall–Kier alpha value is -1.09. The molecule has 152 valence electrons. The molecule has 0 bridgehead atoms. The van der Waals surface area contributed by atoms with Crippen molar-refractivity contribution in [2.45, 2.75) is 49.2 Å². The number of ether oxygens (including phenoxy) is 1. The Morgan fingerprint density at radius 1 is 1.19 bits per heavy atom. The molecule has 1 aliphatic rings. The zero-order valence-electron chi connectivity index (χ0n) is 16.3. The summed E-state index contributed by atoms with van der Waals surface area (Å²) in [7, 11) is -3.70. The van der Waals surface area contributed by atoms with Gasteiger partial charge in [0.05, 0.1) is 11.4 Å². The number of sulfonamides is 1. The van der Waals surface area contributed by atoms with Crippen LogP contribution in [0.5, 0.6) is 0 Å². The highest BCUT2D eigenvalue weighted by atomic mass is 32.2. The van der Waals surface area contributed by atoms with Crippen molar-refractivity contribution in [2.75, 3.05) is 32.1 Å². The highest BCUT2D eigenvalue weighted by Gasteiger charge is 2.18. The van der Waals surface area contributed by atoms with E-state index in [1.54, 1.807) is 12.1 Å². The number of benzene rings is 1. The third kappa shape index (κ3) is 7.44. The Kier molecular flexibility index (Phi) is 8.15. The van der Waals surface area contributed by atoms with Gasteiger partial charge < -0.3 is 10.1 Å². The topological polar surface area (TPSA) is 84.5 Å². The van der Waals surface area contributed by atoms with Gasteiger partial charge in [0, 0.05) is 30.8 Å². The molecule has 0 spiro atoms. The van der Waals surface area contributed by atoms with E-state index in [9.17, 15) is 13.2 Å². The van der Waals surface area contributed by atoms with E-state index in [1.165, 1.54) is 0 Å². The smallest absolute Gasteiger partial charge is 0.241 e. The summed E-state index contributed by atoms with van der Waals surface area (Å²) in [6.45, 7) is 8.09. The molecular formula is C19H30N2O4S2. The molecule has 1 fully saturated rings. The van der Waals surface area contributed by atoms with Gasteiger partial charge in [0.1, 0.15) is 0 Å². The lowest BCUT2D eigenvalue weighted by Gasteiger charge is -2.21. The van der Waals surface area contributed by atoms with E-state index in [2.05, 4.69) is 30.8 Å². The van der Waals surface area contributed by atoms with Gasteiger partial charge in [-0.2, -0.15) is 11.8 Å². The van der Waals surface area contributed by atoms with Crippen LogP contribution < -0.4 is 10.0 Å². The molecule has 1 aromatic carbocycles. The quantitative estimate of drug-likeness (QED) is 0.638. The first-order chi connectivity index (χ1) is 12.7. The van der Waals surface area contributed by atoms with Crippen molar-refractivity contribution in [2.24, 2.45) is 0 Å². The van der Waals surface area contributed by atoms with E-state index in [-0.39, 0.29) is 22.8 Å². The van der Waals surface area contributed by atoms with Gasteiger partial charge in [0.25, 0.3) is 0 Å². The minimum atomic E-state index is -3.70. The summed E-state index contributed by atoms with van der Waals surface area (Å²) in [6.07, 6.45) is 2.10. The van der Waals surface area contributed by atoms with Gasteiger partial charge in [-0.05, 0) is 36.0 Å². The summed E-state index contributed by atoms with van der Waals surface area (Å²) in [5.74, 6) is 0.495. The Morgan fingerprint density at radius 2 is 1.81 bits per heavy atom. The SMILES string of the molecule is CC(C)(C)c1ccc(S(=O)(=O)NCC(=O)NCCSC2CCOCC2)cc1. The number of hydrogen-bond acceptors (Lipinski definition) is 5. The monoisotopic (exact) mass is 414 g/mol. The number of thioether (sulfide) groups is 1. The molecule has 1 saturated heterocycles. The van der Waals surface area contributed by atoms with Crippen molar-refractivity contribution in [1.29, 1.82) is 0 Å². The van der Waals surface area contributed by atoms with E-state index in [4.69, 9.17) is 4.74 Å². The second-order valence-corrected chi connectivity index (χ2v) is 10.8. The predicted octanol–water partition coefficient (Wildman–Crippen LogP) is 2.29. The van der Waals surface area contributed by atoms with Crippen molar-refractivity contribution >= 4 is 27.7 Å². The Balaban J connectivity index is 1.73. The van der Waals surface area contributed by atoms with Crippen molar-refractivity contribution in [3.05, 3.63) is 29.8 Å². The van der Waals surface area contributed by atoms with Crippen molar-refractivity contribution in [3.8, 4) is 0 Å². The zero-order chi connectivity index (χ0) is 19.9. The van der Waals surface area contributed by atoms with Gasteiger partial charge in [0.2, 0.25) is 15.9 Å². The van der Waals surface area contributed by atoms with Crippen LogP contribution >= 0.6 is 11.8 Å². The molecule has 0 aliphatic carbocycles. The molecule has 1 amide bonds. The largest absolute Gasteiger partial charge is 0.381 e. The maximum Gasteiger partial charge on any atom is 0.241 e. The van der Waals surface area contributed by atoms with E-state index in [0.717, 1.165) is 37.4 Å². The zero-order valence-corrected chi connectivity index (χ0v) is 17.9. The lowest BCUT2D eigenvalue weighted by atomic mass is 9.87. The van der Waals surface area contributed by atoms with Gasteiger partial charge in [-0.25, -0.2) is 13.1 Å². The number of carbonyl (C=O) groups is 1. The van der Waals surface area contributed by atoms with Crippen LogP contribution in [0, 0.1) is 0 Å².